The largest absolute Gasteiger partial charge is 0.464 e. The van der Waals surface area contributed by atoms with Gasteiger partial charge in [0.05, 0.1) is 12.7 Å². The van der Waals surface area contributed by atoms with Crippen LogP contribution in [0.1, 0.15) is 50.3 Å². The number of ether oxygens (including phenoxy) is 1. The van der Waals surface area contributed by atoms with Crippen molar-refractivity contribution in [1.29, 1.82) is 0 Å². The van der Waals surface area contributed by atoms with E-state index < -0.39 is 5.60 Å². The Balaban J connectivity index is 1.53. The highest BCUT2D eigenvalue weighted by Gasteiger charge is 2.27. The van der Waals surface area contributed by atoms with Crippen molar-refractivity contribution in [3.8, 4) is 0 Å². The molecular weight excluding hydrogens is 356 g/mol. The van der Waals surface area contributed by atoms with Crippen LogP contribution in [-0.2, 0) is 16.0 Å². The van der Waals surface area contributed by atoms with Gasteiger partial charge in [0.2, 0.25) is 5.91 Å². The smallest absolute Gasteiger partial charge is 0.410 e. The van der Waals surface area contributed by atoms with Crippen molar-refractivity contribution in [2.75, 3.05) is 13.1 Å². The lowest BCUT2D eigenvalue weighted by Gasteiger charge is -2.33. The standard InChI is InChI=1S/C22H30N2O4/c1-14-6-7-18-16(13-27-20(18)15(14)2)12-19(25)23-17-8-10-24(11-9-17)21(26)28-22(3,4)5/h6-7,13,17H,8-12H2,1-5H3,(H,23,25). The molecule has 1 aliphatic heterocycles. The molecule has 0 spiro atoms. The van der Waals surface area contributed by atoms with Gasteiger partial charge in [-0.1, -0.05) is 12.1 Å². The summed E-state index contributed by atoms with van der Waals surface area (Å²) in [6, 6.07) is 4.15. The lowest BCUT2D eigenvalue weighted by molar-refractivity contribution is -0.121. The molecular formula is C22H30N2O4. The van der Waals surface area contributed by atoms with Gasteiger partial charge in [-0.25, -0.2) is 4.79 Å². The maximum atomic E-state index is 12.5. The maximum absolute atomic E-state index is 12.5. The molecule has 1 aliphatic rings. The fourth-order valence-electron chi connectivity index (χ4n) is 3.51. The van der Waals surface area contributed by atoms with E-state index in [2.05, 4.69) is 11.4 Å². The van der Waals surface area contributed by atoms with Gasteiger partial charge >= 0.3 is 6.09 Å². The van der Waals surface area contributed by atoms with Gasteiger partial charge in [-0.2, -0.15) is 0 Å². The Morgan fingerprint density at radius 1 is 1.21 bits per heavy atom. The Bertz CT molecular complexity index is 871. The monoisotopic (exact) mass is 386 g/mol. The second-order valence-electron chi connectivity index (χ2n) is 8.63. The predicted octanol–water partition coefficient (Wildman–Crippen LogP) is 4.11. The van der Waals surface area contributed by atoms with Crippen LogP contribution in [0.4, 0.5) is 4.79 Å². The number of piperidine rings is 1. The molecule has 0 unspecified atom stereocenters. The molecule has 1 saturated heterocycles. The minimum absolute atomic E-state index is 0.0170. The van der Waals surface area contributed by atoms with Crippen LogP contribution in [0.5, 0.6) is 0 Å². The van der Waals surface area contributed by atoms with Crippen LogP contribution >= 0.6 is 0 Å². The summed E-state index contributed by atoms with van der Waals surface area (Å²) in [6.07, 6.45) is 3.15. The highest BCUT2D eigenvalue weighted by Crippen LogP contribution is 2.27. The quantitative estimate of drug-likeness (QED) is 0.862. The molecule has 3 rings (SSSR count). The van der Waals surface area contributed by atoms with E-state index in [1.54, 1.807) is 11.2 Å². The van der Waals surface area contributed by atoms with Crippen molar-refractivity contribution in [3.63, 3.8) is 0 Å². The van der Waals surface area contributed by atoms with Crippen molar-refractivity contribution < 1.29 is 18.7 Å². The summed E-state index contributed by atoms with van der Waals surface area (Å²) in [5, 5.41) is 4.09. The highest BCUT2D eigenvalue weighted by atomic mass is 16.6. The van der Waals surface area contributed by atoms with Crippen molar-refractivity contribution in [2.24, 2.45) is 0 Å². The summed E-state index contributed by atoms with van der Waals surface area (Å²) in [4.78, 5) is 26.4. The topological polar surface area (TPSA) is 71.8 Å². The molecule has 1 fully saturated rings. The first kappa shape index (κ1) is 20.2. The van der Waals surface area contributed by atoms with Crippen LogP contribution in [0.2, 0.25) is 0 Å². The van der Waals surface area contributed by atoms with Gasteiger partial charge in [0.1, 0.15) is 11.2 Å². The van der Waals surface area contributed by atoms with E-state index >= 15 is 0 Å². The molecule has 1 N–H and O–H groups in total. The number of nitrogens with zero attached hydrogens (tertiary/aromatic N) is 1. The first-order chi connectivity index (χ1) is 13.1. The summed E-state index contributed by atoms with van der Waals surface area (Å²) >= 11 is 0. The Kier molecular flexibility index (Phi) is 5.68. The minimum atomic E-state index is -0.494. The van der Waals surface area contributed by atoms with Crippen LogP contribution in [0.3, 0.4) is 0 Å². The van der Waals surface area contributed by atoms with Crippen LogP contribution in [0.15, 0.2) is 22.8 Å². The predicted molar refractivity (Wildman–Crippen MR) is 108 cm³/mol. The fourth-order valence-corrected chi connectivity index (χ4v) is 3.51. The third-order valence-corrected chi connectivity index (χ3v) is 5.20. The number of rotatable bonds is 3. The number of likely N-dealkylation sites (tertiary alicyclic amines) is 1. The number of furan rings is 1. The lowest BCUT2D eigenvalue weighted by Crippen LogP contribution is -2.48. The van der Waals surface area contributed by atoms with Crippen LogP contribution in [0, 0.1) is 13.8 Å². The molecule has 152 valence electrons. The number of carbonyl (C=O) groups excluding carboxylic acids is 2. The van der Waals surface area contributed by atoms with E-state index in [0.29, 0.717) is 19.5 Å². The van der Waals surface area contributed by atoms with E-state index in [-0.39, 0.29) is 18.0 Å². The van der Waals surface area contributed by atoms with E-state index in [1.165, 1.54) is 5.56 Å². The number of hydrogen-bond acceptors (Lipinski definition) is 4. The van der Waals surface area contributed by atoms with E-state index in [1.807, 2.05) is 40.7 Å². The molecule has 1 aromatic heterocycles. The van der Waals surface area contributed by atoms with E-state index in [9.17, 15) is 9.59 Å². The molecule has 2 aromatic rings. The van der Waals surface area contributed by atoms with Crippen molar-refractivity contribution in [3.05, 3.63) is 35.1 Å². The van der Waals surface area contributed by atoms with Crippen molar-refractivity contribution in [1.82, 2.24) is 10.2 Å². The number of aryl methyl sites for hydroxylation is 2. The average molecular weight is 386 g/mol. The van der Waals surface area contributed by atoms with Crippen LogP contribution in [0.25, 0.3) is 11.0 Å². The molecule has 0 radical (unpaired) electrons. The highest BCUT2D eigenvalue weighted by molar-refractivity contribution is 5.89. The second kappa shape index (κ2) is 7.86. The maximum Gasteiger partial charge on any atom is 0.410 e. The first-order valence-electron chi connectivity index (χ1n) is 9.87. The molecule has 1 aromatic carbocycles. The zero-order chi connectivity index (χ0) is 20.5. The SMILES string of the molecule is Cc1ccc2c(CC(=O)NC3CCN(C(=O)OC(C)(C)C)CC3)coc2c1C. The van der Waals surface area contributed by atoms with Gasteiger partial charge in [-0.15, -0.1) is 0 Å². The lowest BCUT2D eigenvalue weighted by atomic mass is 10.0. The number of benzene rings is 1. The van der Waals surface area contributed by atoms with Gasteiger partial charge in [0.15, 0.2) is 0 Å². The number of hydrogen-bond donors (Lipinski definition) is 1. The summed E-state index contributed by atoms with van der Waals surface area (Å²) in [6.45, 7) is 10.8. The minimum Gasteiger partial charge on any atom is -0.464 e. The number of nitrogens with one attached hydrogen (secondary N) is 1. The molecule has 0 bridgehead atoms. The van der Waals surface area contributed by atoms with Gasteiger partial charge in [0, 0.05) is 30.1 Å². The molecule has 2 heterocycles. The van der Waals surface area contributed by atoms with E-state index in [4.69, 9.17) is 9.15 Å². The normalized spacial score (nSPS) is 15.7. The summed E-state index contributed by atoms with van der Waals surface area (Å²) in [5.74, 6) is -0.0170. The number of carbonyl (C=O) groups is 2. The summed E-state index contributed by atoms with van der Waals surface area (Å²) < 4.78 is 11.1. The summed E-state index contributed by atoms with van der Waals surface area (Å²) in [5.41, 5.74) is 3.55. The van der Waals surface area contributed by atoms with E-state index in [0.717, 1.165) is 34.9 Å². The average Bonchev–Trinajstić information content (AvgIpc) is 3.00. The zero-order valence-electron chi connectivity index (χ0n) is 17.4. The molecule has 0 aliphatic carbocycles. The van der Waals surface area contributed by atoms with Crippen molar-refractivity contribution in [2.45, 2.75) is 65.5 Å². The third kappa shape index (κ3) is 4.66. The number of fused-ring (bicyclic) bond motifs is 1. The Morgan fingerprint density at radius 2 is 1.89 bits per heavy atom. The Labute approximate surface area is 166 Å². The molecule has 28 heavy (non-hydrogen) atoms. The number of amides is 2. The molecule has 6 nitrogen and oxygen atoms in total. The Morgan fingerprint density at radius 3 is 2.54 bits per heavy atom. The summed E-state index contributed by atoms with van der Waals surface area (Å²) in [7, 11) is 0. The van der Waals surface area contributed by atoms with Gasteiger partial charge in [-0.3, -0.25) is 4.79 Å². The molecule has 2 amide bonds. The third-order valence-electron chi connectivity index (χ3n) is 5.20. The molecule has 0 saturated carbocycles. The Hall–Kier alpha value is -2.50. The van der Waals surface area contributed by atoms with Crippen LogP contribution < -0.4 is 5.32 Å². The molecule has 0 atom stereocenters. The molecule has 6 heteroatoms. The van der Waals surface area contributed by atoms with Crippen molar-refractivity contribution >= 4 is 23.0 Å². The van der Waals surface area contributed by atoms with Crippen LogP contribution in [-0.4, -0.2) is 41.6 Å². The first-order valence-corrected chi connectivity index (χ1v) is 9.87. The van der Waals surface area contributed by atoms with Gasteiger partial charge < -0.3 is 19.4 Å². The second-order valence-corrected chi connectivity index (χ2v) is 8.63. The zero-order valence-corrected chi connectivity index (χ0v) is 17.4. The van der Waals surface area contributed by atoms with Gasteiger partial charge in [-0.05, 0) is 58.6 Å². The fraction of sp³-hybridized carbons (Fsp3) is 0.545. The van der Waals surface area contributed by atoms with Gasteiger partial charge in [0.25, 0.3) is 0 Å².